The molecule has 0 radical (unpaired) electrons. The fourth-order valence-electron chi connectivity index (χ4n) is 2.09. The number of carbonyl (C=O) groups excluding carboxylic acids is 2. The molecule has 128 valence electrons. The Morgan fingerprint density at radius 1 is 0.800 bits per heavy atom. The summed E-state index contributed by atoms with van der Waals surface area (Å²) in [6, 6.07) is 10.8. The molecule has 0 atom stereocenters. The fourth-order valence-corrected chi connectivity index (χ4v) is 2.09. The minimum Gasteiger partial charge on any atom is -0.393 e. The van der Waals surface area contributed by atoms with Crippen LogP contribution in [0, 0.1) is 20.2 Å². The minimum absolute atomic E-state index is 0.173. The van der Waals surface area contributed by atoms with Crippen molar-refractivity contribution in [3.05, 3.63) is 79.9 Å². The molecule has 0 bridgehead atoms. The first-order valence-electron chi connectivity index (χ1n) is 7.05. The summed E-state index contributed by atoms with van der Waals surface area (Å²) in [7, 11) is 0. The largest absolute Gasteiger partial charge is 0.393 e. The molecule has 0 amide bonds. The molecule has 2 aromatic carbocycles. The minimum atomic E-state index is -0.865. The first-order chi connectivity index (χ1) is 11.8. The van der Waals surface area contributed by atoms with Gasteiger partial charge in [-0.1, -0.05) is 24.3 Å². The summed E-state index contributed by atoms with van der Waals surface area (Å²) in [5.74, 6) is -1.73. The highest BCUT2D eigenvalue weighted by Gasteiger charge is 2.15. The van der Waals surface area contributed by atoms with Gasteiger partial charge in [-0.05, 0) is 11.1 Å². The number of benzene rings is 2. The molecule has 9 nitrogen and oxygen atoms in total. The van der Waals surface area contributed by atoms with Crippen LogP contribution >= 0.6 is 0 Å². The third-order valence-electron chi connectivity index (χ3n) is 3.17. The van der Waals surface area contributed by atoms with E-state index in [1.54, 1.807) is 0 Å². The third-order valence-corrected chi connectivity index (χ3v) is 3.17. The summed E-state index contributed by atoms with van der Waals surface area (Å²) in [6.07, 6.45) is -0.606. The normalized spacial score (nSPS) is 10.1. The zero-order valence-corrected chi connectivity index (χ0v) is 12.8. The van der Waals surface area contributed by atoms with Crippen LogP contribution in [0.4, 0.5) is 11.4 Å². The quantitative estimate of drug-likeness (QED) is 0.340. The third kappa shape index (κ3) is 5.20. The first-order valence-corrected chi connectivity index (χ1v) is 7.05. The van der Waals surface area contributed by atoms with E-state index in [0.29, 0.717) is 11.1 Å². The number of nitro groups is 2. The van der Waals surface area contributed by atoms with E-state index < -0.39 is 21.8 Å². The van der Waals surface area contributed by atoms with E-state index in [1.165, 1.54) is 48.5 Å². The molecular weight excluding hydrogens is 332 g/mol. The Labute approximate surface area is 141 Å². The topological polar surface area (TPSA) is 130 Å². The lowest BCUT2D eigenvalue weighted by Crippen LogP contribution is -2.16. The number of ether oxygens (including phenoxy) is 1. The number of esters is 2. The van der Waals surface area contributed by atoms with E-state index in [1.807, 2.05) is 0 Å². The Kier molecular flexibility index (Phi) is 5.51. The van der Waals surface area contributed by atoms with Crippen molar-refractivity contribution < 1.29 is 24.2 Å². The lowest BCUT2D eigenvalue weighted by atomic mass is 10.1. The maximum absolute atomic E-state index is 11.7. The van der Waals surface area contributed by atoms with Gasteiger partial charge in [0.2, 0.25) is 0 Å². The highest BCUT2D eigenvalue weighted by Crippen LogP contribution is 2.15. The van der Waals surface area contributed by atoms with Gasteiger partial charge in [-0.2, -0.15) is 0 Å². The van der Waals surface area contributed by atoms with E-state index in [-0.39, 0.29) is 24.2 Å². The van der Waals surface area contributed by atoms with Crippen LogP contribution in [0.1, 0.15) is 11.1 Å². The standard InChI is InChI=1S/C16H12N2O7/c19-15(9-11-3-1-5-13(7-11)17(21)22)25-16(20)10-12-4-2-6-14(8-12)18(23)24/h1-8H,9-10H2. The van der Waals surface area contributed by atoms with Crippen molar-refractivity contribution in [3.8, 4) is 0 Å². The van der Waals surface area contributed by atoms with Gasteiger partial charge in [0.15, 0.2) is 0 Å². The smallest absolute Gasteiger partial charge is 0.317 e. The fraction of sp³-hybridized carbons (Fsp3) is 0.125. The monoisotopic (exact) mass is 344 g/mol. The SMILES string of the molecule is O=C(Cc1cccc([N+](=O)[O-])c1)OC(=O)Cc1cccc([N+](=O)[O-])c1. The van der Waals surface area contributed by atoms with Crippen LogP contribution in [0.15, 0.2) is 48.5 Å². The average Bonchev–Trinajstić information content (AvgIpc) is 2.54. The molecule has 0 saturated heterocycles. The highest BCUT2D eigenvalue weighted by molar-refractivity contribution is 5.87. The molecule has 2 aromatic rings. The summed E-state index contributed by atoms with van der Waals surface area (Å²) in [6.45, 7) is 0. The Morgan fingerprint density at radius 3 is 1.56 bits per heavy atom. The molecule has 25 heavy (non-hydrogen) atoms. The van der Waals surface area contributed by atoms with Gasteiger partial charge >= 0.3 is 11.9 Å². The van der Waals surface area contributed by atoms with Gasteiger partial charge in [0.05, 0.1) is 22.7 Å². The molecule has 0 fully saturated rings. The van der Waals surface area contributed by atoms with E-state index in [4.69, 9.17) is 0 Å². The predicted molar refractivity (Wildman–Crippen MR) is 84.7 cm³/mol. The number of non-ortho nitro benzene ring substituents is 2. The second kappa shape index (κ2) is 7.77. The number of hydrogen-bond donors (Lipinski definition) is 0. The van der Waals surface area contributed by atoms with Crippen LogP contribution in [0.2, 0.25) is 0 Å². The van der Waals surface area contributed by atoms with E-state index >= 15 is 0 Å². The maximum Gasteiger partial charge on any atom is 0.317 e. The number of rotatable bonds is 6. The Hall–Kier alpha value is -3.62. The molecular formula is C16H12N2O7. The van der Waals surface area contributed by atoms with Gasteiger partial charge in [0.25, 0.3) is 11.4 Å². The molecule has 0 saturated carbocycles. The lowest BCUT2D eigenvalue weighted by molar-refractivity contribution is -0.385. The van der Waals surface area contributed by atoms with Crippen LogP contribution in [0.5, 0.6) is 0 Å². The first kappa shape index (κ1) is 17.7. The number of carbonyl (C=O) groups is 2. The molecule has 0 spiro atoms. The van der Waals surface area contributed by atoms with Crippen molar-refractivity contribution in [3.63, 3.8) is 0 Å². The molecule has 0 heterocycles. The summed E-state index contributed by atoms with van der Waals surface area (Å²) in [5, 5.41) is 21.4. The van der Waals surface area contributed by atoms with E-state index in [9.17, 15) is 29.8 Å². The van der Waals surface area contributed by atoms with Gasteiger partial charge in [0, 0.05) is 24.3 Å². The zero-order valence-electron chi connectivity index (χ0n) is 12.8. The van der Waals surface area contributed by atoms with E-state index in [2.05, 4.69) is 4.74 Å². The zero-order chi connectivity index (χ0) is 18.4. The van der Waals surface area contributed by atoms with Crippen molar-refractivity contribution in [1.29, 1.82) is 0 Å². The van der Waals surface area contributed by atoms with Crippen molar-refractivity contribution in [2.24, 2.45) is 0 Å². The van der Waals surface area contributed by atoms with Crippen molar-refractivity contribution in [1.82, 2.24) is 0 Å². The molecule has 0 aromatic heterocycles. The predicted octanol–water partition coefficient (Wildman–Crippen LogP) is 2.36. The number of nitro benzene ring substituents is 2. The number of hydrogen-bond acceptors (Lipinski definition) is 7. The van der Waals surface area contributed by atoms with Crippen molar-refractivity contribution in [2.75, 3.05) is 0 Å². The van der Waals surface area contributed by atoms with Gasteiger partial charge in [0.1, 0.15) is 0 Å². The molecule has 0 unspecified atom stereocenters. The van der Waals surface area contributed by atoms with Crippen LogP contribution in [0.25, 0.3) is 0 Å². The Balaban J connectivity index is 1.95. The van der Waals surface area contributed by atoms with Gasteiger partial charge in [-0.3, -0.25) is 29.8 Å². The lowest BCUT2D eigenvalue weighted by Gasteiger charge is -2.04. The summed E-state index contributed by atoms with van der Waals surface area (Å²) < 4.78 is 4.64. The Bertz CT molecular complexity index is 778. The molecule has 0 N–H and O–H groups in total. The number of nitrogens with zero attached hydrogens (tertiary/aromatic N) is 2. The van der Waals surface area contributed by atoms with Gasteiger partial charge in [-0.15, -0.1) is 0 Å². The van der Waals surface area contributed by atoms with Crippen LogP contribution in [-0.4, -0.2) is 21.8 Å². The van der Waals surface area contributed by atoms with Crippen molar-refractivity contribution in [2.45, 2.75) is 12.8 Å². The highest BCUT2D eigenvalue weighted by atomic mass is 16.6. The molecule has 2 rings (SSSR count). The van der Waals surface area contributed by atoms with Gasteiger partial charge < -0.3 is 4.74 Å². The molecule has 0 aliphatic carbocycles. The average molecular weight is 344 g/mol. The molecule has 0 aliphatic heterocycles. The van der Waals surface area contributed by atoms with Crippen molar-refractivity contribution >= 4 is 23.3 Å². The second-order valence-electron chi connectivity index (χ2n) is 5.05. The molecule has 0 aliphatic rings. The van der Waals surface area contributed by atoms with Crippen LogP contribution in [-0.2, 0) is 27.2 Å². The van der Waals surface area contributed by atoms with E-state index in [0.717, 1.165) is 0 Å². The maximum atomic E-state index is 11.7. The van der Waals surface area contributed by atoms with Crippen LogP contribution < -0.4 is 0 Å². The summed E-state index contributed by atoms with van der Waals surface area (Å²) in [5.41, 5.74) is 0.325. The second-order valence-corrected chi connectivity index (χ2v) is 5.05. The van der Waals surface area contributed by atoms with Gasteiger partial charge in [-0.25, -0.2) is 0 Å². The summed E-state index contributed by atoms with van der Waals surface area (Å²) in [4.78, 5) is 43.7. The Morgan fingerprint density at radius 2 is 1.20 bits per heavy atom. The summed E-state index contributed by atoms with van der Waals surface area (Å²) >= 11 is 0. The molecule has 9 heteroatoms. The van der Waals surface area contributed by atoms with Crippen LogP contribution in [0.3, 0.4) is 0 Å².